The van der Waals surface area contributed by atoms with E-state index in [0.717, 1.165) is 0 Å². The summed E-state index contributed by atoms with van der Waals surface area (Å²) in [6.07, 6.45) is -4.08. The van der Waals surface area contributed by atoms with Crippen LogP contribution in [0.5, 0.6) is 0 Å². The number of amides is 2. The number of hydrogen-bond donors (Lipinski definition) is 1. The summed E-state index contributed by atoms with van der Waals surface area (Å²) in [5.41, 5.74) is -1.10. The Morgan fingerprint density at radius 2 is 1.85 bits per heavy atom. The van der Waals surface area contributed by atoms with Crippen molar-refractivity contribution < 1.29 is 27.5 Å². The molecule has 20 heavy (non-hydrogen) atoms. The van der Waals surface area contributed by atoms with Gasteiger partial charge in [-0.1, -0.05) is 13.8 Å². The van der Waals surface area contributed by atoms with E-state index < -0.39 is 24.6 Å². The van der Waals surface area contributed by atoms with E-state index in [-0.39, 0.29) is 18.4 Å². The van der Waals surface area contributed by atoms with Crippen LogP contribution in [0.15, 0.2) is 0 Å². The van der Waals surface area contributed by atoms with Gasteiger partial charge in [0, 0.05) is 6.54 Å². The van der Waals surface area contributed by atoms with Gasteiger partial charge in [0.05, 0.1) is 6.61 Å². The molecule has 8 heteroatoms. The van der Waals surface area contributed by atoms with Gasteiger partial charge in [-0.15, -0.1) is 13.2 Å². The van der Waals surface area contributed by atoms with E-state index in [0.29, 0.717) is 12.8 Å². The molecule has 0 aliphatic carbocycles. The summed E-state index contributed by atoms with van der Waals surface area (Å²) in [4.78, 5) is 25.5. The highest BCUT2D eigenvalue weighted by Gasteiger charge is 2.49. The van der Waals surface area contributed by atoms with Gasteiger partial charge in [-0.3, -0.25) is 14.3 Å². The van der Waals surface area contributed by atoms with E-state index >= 15 is 0 Å². The Bertz CT molecular complexity index is 381. The molecule has 2 amide bonds. The summed E-state index contributed by atoms with van der Waals surface area (Å²) in [5.74, 6) is -0.722. The molecule has 116 valence electrons. The minimum atomic E-state index is -4.74. The summed E-state index contributed by atoms with van der Waals surface area (Å²) < 4.78 is 39.7. The Kier molecular flexibility index (Phi) is 5.01. The Balaban J connectivity index is 2.89. The third-order valence-corrected chi connectivity index (χ3v) is 3.67. The normalized spacial score (nSPS) is 22.9. The lowest BCUT2D eigenvalue weighted by atomic mass is 9.86. The van der Waals surface area contributed by atoms with Gasteiger partial charge in [-0.25, -0.2) is 0 Å². The minimum Gasteiger partial charge on any atom is -0.343 e. The standard InChI is InChI=1S/C12H19F3N2O3/c1-4-11(5-2)10(19)16-8(3)9(18)17(11)6-7-20-12(13,14)15/h8H,4-7H2,1-3H3,(H,16,19). The largest absolute Gasteiger partial charge is 0.522 e. The number of piperazine rings is 1. The third-order valence-electron chi connectivity index (χ3n) is 3.67. The molecule has 0 radical (unpaired) electrons. The van der Waals surface area contributed by atoms with Gasteiger partial charge in [0.2, 0.25) is 11.8 Å². The lowest BCUT2D eigenvalue weighted by molar-refractivity contribution is -0.325. The molecule has 1 saturated heterocycles. The van der Waals surface area contributed by atoms with Gasteiger partial charge in [-0.05, 0) is 19.8 Å². The highest BCUT2D eigenvalue weighted by molar-refractivity contribution is 5.99. The lowest BCUT2D eigenvalue weighted by Crippen LogP contribution is -2.70. The van der Waals surface area contributed by atoms with Crippen LogP contribution in [-0.2, 0) is 14.3 Å². The first-order valence-corrected chi connectivity index (χ1v) is 6.51. The second-order valence-corrected chi connectivity index (χ2v) is 4.72. The van der Waals surface area contributed by atoms with Crippen LogP contribution in [0.2, 0.25) is 0 Å². The minimum absolute atomic E-state index is 0.266. The summed E-state index contributed by atoms with van der Waals surface area (Å²) in [6, 6.07) is -0.736. The molecule has 0 bridgehead atoms. The molecule has 1 N–H and O–H groups in total. The van der Waals surface area contributed by atoms with Crippen LogP contribution in [0.4, 0.5) is 13.2 Å². The van der Waals surface area contributed by atoms with Crippen LogP contribution in [0.3, 0.4) is 0 Å². The predicted molar refractivity (Wildman–Crippen MR) is 64.6 cm³/mol. The highest BCUT2D eigenvalue weighted by Crippen LogP contribution is 2.29. The van der Waals surface area contributed by atoms with Gasteiger partial charge >= 0.3 is 6.36 Å². The van der Waals surface area contributed by atoms with Crippen molar-refractivity contribution in [1.29, 1.82) is 0 Å². The van der Waals surface area contributed by atoms with E-state index in [1.807, 2.05) is 0 Å². The quantitative estimate of drug-likeness (QED) is 0.835. The van der Waals surface area contributed by atoms with Crippen molar-refractivity contribution in [2.75, 3.05) is 13.2 Å². The summed E-state index contributed by atoms with van der Waals surface area (Å²) >= 11 is 0. The van der Waals surface area contributed by atoms with E-state index in [9.17, 15) is 22.8 Å². The Labute approximate surface area is 115 Å². The topological polar surface area (TPSA) is 58.6 Å². The molecule has 1 atom stereocenters. The van der Waals surface area contributed by atoms with Crippen molar-refractivity contribution >= 4 is 11.8 Å². The van der Waals surface area contributed by atoms with Crippen molar-refractivity contribution in [2.45, 2.75) is 51.6 Å². The van der Waals surface area contributed by atoms with E-state index in [1.54, 1.807) is 13.8 Å². The number of rotatable bonds is 5. The summed E-state index contributed by atoms with van der Waals surface area (Å²) in [7, 11) is 0. The van der Waals surface area contributed by atoms with Gasteiger partial charge in [-0.2, -0.15) is 0 Å². The van der Waals surface area contributed by atoms with Gasteiger partial charge in [0.15, 0.2) is 0 Å². The number of ether oxygens (including phenoxy) is 1. The van der Waals surface area contributed by atoms with E-state index in [2.05, 4.69) is 10.1 Å². The second kappa shape index (κ2) is 5.99. The first-order chi connectivity index (χ1) is 9.18. The van der Waals surface area contributed by atoms with Gasteiger partial charge < -0.3 is 10.2 Å². The fourth-order valence-corrected chi connectivity index (χ4v) is 2.49. The average Bonchev–Trinajstić information content (AvgIpc) is 2.35. The van der Waals surface area contributed by atoms with Crippen LogP contribution >= 0.6 is 0 Å². The molecule has 1 aliphatic rings. The lowest BCUT2D eigenvalue weighted by Gasteiger charge is -2.47. The zero-order valence-corrected chi connectivity index (χ0v) is 11.7. The molecular weight excluding hydrogens is 277 g/mol. The monoisotopic (exact) mass is 296 g/mol. The Morgan fingerprint density at radius 3 is 2.30 bits per heavy atom. The zero-order valence-electron chi connectivity index (χ0n) is 11.7. The molecule has 0 spiro atoms. The van der Waals surface area contributed by atoms with E-state index in [1.165, 1.54) is 11.8 Å². The van der Waals surface area contributed by atoms with Gasteiger partial charge in [0.25, 0.3) is 0 Å². The van der Waals surface area contributed by atoms with Crippen molar-refractivity contribution in [2.24, 2.45) is 0 Å². The number of nitrogens with zero attached hydrogens (tertiary/aromatic N) is 1. The average molecular weight is 296 g/mol. The van der Waals surface area contributed by atoms with Crippen LogP contribution < -0.4 is 5.32 Å². The zero-order chi connectivity index (χ0) is 15.6. The van der Waals surface area contributed by atoms with Crippen LogP contribution in [0.1, 0.15) is 33.6 Å². The number of halogens is 3. The maximum Gasteiger partial charge on any atom is 0.522 e. The first-order valence-electron chi connectivity index (χ1n) is 6.51. The van der Waals surface area contributed by atoms with Crippen LogP contribution in [0, 0.1) is 0 Å². The van der Waals surface area contributed by atoms with Crippen molar-refractivity contribution in [3.63, 3.8) is 0 Å². The molecule has 0 aromatic carbocycles. The van der Waals surface area contributed by atoms with Crippen molar-refractivity contribution in [3.05, 3.63) is 0 Å². The number of hydrogen-bond acceptors (Lipinski definition) is 3. The maximum absolute atomic E-state index is 12.1. The molecule has 0 aromatic heterocycles. The number of nitrogens with one attached hydrogen (secondary N) is 1. The predicted octanol–water partition coefficient (Wildman–Crippen LogP) is 1.43. The third kappa shape index (κ3) is 3.23. The summed E-state index contributed by atoms with van der Waals surface area (Å²) in [5, 5.41) is 2.57. The second-order valence-electron chi connectivity index (χ2n) is 4.72. The molecule has 1 aliphatic heterocycles. The number of carbonyl (C=O) groups excluding carboxylic acids is 2. The molecule has 5 nitrogen and oxygen atoms in total. The molecule has 1 rings (SSSR count). The SMILES string of the molecule is CCC1(CC)C(=O)NC(C)C(=O)N1CCOC(F)(F)F. The molecule has 0 saturated carbocycles. The fourth-order valence-electron chi connectivity index (χ4n) is 2.49. The first kappa shape index (κ1) is 16.7. The highest BCUT2D eigenvalue weighted by atomic mass is 19.4. The fraction of sp³-hybridized carbons (Fsp3) is 0.833. The van der Waals surface area contributed by atoms with E-state index in [4.69, 9.17) is 0 Å². The molecule has 1 unspecified atom stereocenters. The van der Waals surface area contributed by atoms with Crippen molar-refractivity contribution in [1.82, 2.24) is 10.2 Å². The maximum atomic E-state index is 12.1. The summed E-state index contributed by atoms with van der Waals surface area (Å²) in [6.45, 7) is 4.01. The smallest absolute Gasteiger partial charge is 0.343 e. The van der Waals surface area contributed by atoms with Crippen LogP contribution in [-0.4, -0.2) is 47.8 Å². The molecular formula is C12H19F3N2O3. The molecule has 1 heterocycles. The number of carbonyl (C=O) groups is 2. The molecule has 0 aromatic rings. The van der Waals surface area contributed by atoms with Gasteiger partial charge in [0.1, 0.15) is 11.6 Å². The molecule has 1 fully saturated rings. The number of alkyl halides is 3. The van der Waals surface area contributed by atoms with Crippen molar-refractivity contribution in [3.8, 4) is 0 Å². The van der Waals surface area contributed by atoms with Crippen LogP contribution in [0.25, 0.3) is 0 Å². The Hall–Kier alpha value is -1.31. The Morgan fingerprint density at radius 1 is 1.30 bits per heavy atom.